The van der Waals surface area contributed by atoms with Crippen molar-refractivity contribution in [3.05, 3.63) is 53.1 Å². The van der Waals surface area contributed by atoms with Crippen molar-refractivity contribution in [2.24, 2.45) is 5.16 Å². The van der Waals surface area contributed by atoms with Crippen molar-refractivity contribution in [2.45, 2.75) is 39.5 Å². The van der Waals surface area contributed by atoms with Gasteiger partial charge in [0.25, 0.3) is 5.91 Å². The fourth-order valence-electron chi connectivity index (χ4n) is 2.60. The van der Waals surface area contributed by atoms with Crippen LogP contribution in [0, 0.1) is 12.7 Å². The van der Waals surface area contributed by atoms with Crippen LogP contribution in [0.15, 0.2) is 35.6 Å². The maximum Gasteiger partial charge on any atom is 0.264 e. The Morgan fingerprint density at radius 3 is 2.83 bits per heavy atom. The highest BCUT2D eigenvalue weighted by Gasteiger charge is 2.28. The largest absolute Gasteiger partial charge is 0.382 e. The fourth-order valence-corrected chi connectivity index (χ4v) is 2.60. The number of benzene rings is 1. The minimum Gasteiger partial charge on any atom is -0.382 e. The molecular weight excluding hydrogens is 311 g/mol. The molecule has 1 aromatic carbocycles. The smallest absolute Gasteiger partial charge is 0.264 e. The van der Waals surface area contributed by atoms with Gasteiger partial charge in [-0.25, -0.2) is 4.39 Å². The van der Waals surface area contributed by atoms with Gasteiger partial charge in [-0.15, -0.1) is 0 Å². The third-order valence-corrected chi connectivity index (χ3v) is 4.10. The van der Waals surface area contributed by atoms with E-state index in [1.54, 1.807) is 18.3 Å². The van der Waals surface area contributed by atoms with Crippen LogP contribution in [-0.4, -0.2) is 27.5 Å². The van der Waals surface area contributed by atoms with Gasteiger partial charge in [-0.05, 0) is 31.5 Å². The number of oxime groups is 1. The summed E-state index contributed by atoms with van der Waals surface area (Å²) in [6.07, 6.45) is 1.46. The minimum atomic E-state index is -0.661. The molecule has 1 atom stereocenters. The lowest BCUT2D eigenvalue weighted by Gasteiger charge is -2.09. The van der Waals surface area contributed by atoms with Crippen LogP contribution in [0.5, 0.6) is 0 Å². The van der Waals surface area contributed by atoms with Crippen LogP contribution in [0.2, 0.25) is 0 Å². The number of hydrogen-bond acceptors (Lipinski definition) is 4. The molecule has 0 spiro atoms. The molecule has 7 heteroatoms. The first-order chi connectivity index (χ1) is 11.6. The fraction of sp³-hybridized carbons (Fsp3) is 0.353. The zero-order chi connectivity index (χ0) is 17.1. The van der Waals surface area contributed by atoms with E-state index >= 15 is 0 Å². The first-order valence-corrected chi connectivity index (χ1v) is 7.86. The number of amides is 1. The van der Waals surface area contributed by atoms with Crippen LogP contribution in [0.4, 0.5) is 4.39 Å². The lowest BCUT2D eigenvalue weighted by Crippen LogP contribution is -2.34. The van der Waals surface area contributed by atoms with E-state index in [2.05, 4.69) is 15.6 Å². The average Bonchev–Trinajstić information content (AvgIpc) is 3.20. The Morgan fingerprint density at radius 1 is 1.42 bits per heavy atom. The monoisotopic (exact) mass is 330 g/mol. The molecule has 1 aliphatic rings. The molecule has 0 aliphatic carbocycles. The highest BCUT2D eigenvalue weighted by atomic mass is 19.1. The molecule has 2 heterocycles. The summed E-state index contributed by atoms with van der Waals surface area (Å²) in [7, 11) is 0. The van der Waals surface area contributed by atoms with Crippen LogP contribution in [0.1, 0.15) is 30.2 Å². The molecule has 2 aromatic rings. The van der Waals surface area contributed by atoms with Gasteiger partial charge in [0.2, 0.25) is 6.10 Å². The van der Waals surface area contributed by atoms with Gasteiger partial charge in [0.1, 0.15) is 5.82 Å². The van der Waals surface area contributed by atoms with E-state index in [-0.39, 0.29) is 11.7 Å². The molecule has 0 radical (unpaired) electrons. The summed E-state index contributed by atoms with van der Waals surface area (Å²) in [5.74, 6) is -0.532. The lowest BCUT2D eigenvalue weighted by molar-refractivity contribution is -0.131. The van der Waals surface area contributed by atoms with Gasteiger partial charge in [0.15, 0.2) is 0 Å². The third-order valence-electron chi connectivity index (χ3n) is 4.10. The number of carbonyl (C=O) groups excluding carboxylic acids is 1. The first-order valence-electron chi connectivity index (χ1n) is 7.86. The standard InChI is InChI=1S/C17H19FN4O2/c1-3-22-11(2)13(10-20-22)9-19-17(23)16-8-15(21-24-16)12-4-6-14(18)7-5-12/h4-7,10,16H,3,8-9H2,1-2H3,(H,19,23). The summed E-state index contributed by atoms with van der Waals surface area (Å²) >= 11 is 0. The van der Waals surface area contributed by atoms with Crippen molar-refractivity contribution in [3.63, 3.8) is 0 Å². The number of rotatable bonds is 5. The summed E-state index contributed by atoms with van der Waals surface area (Å²) in [5.41, 5.74) is 3.41. The van der Waals surface area contributed by atoms with Gasteiger partial charge < -0.3 is 10.2 Å². The normalized spacial score (nSPS) is 16.6. The summed E-state index contributed by atoms with van der Waals surface area (Å²) in [5, 5.41) is 11.0. The van der Waals surface area contributed by atoms with Crippen LogP contribution >= 0.6 is 0 Å². The molecule has 1 N–H and O–H groups in total. The van der Waals surface area contributed by atoms with E-state index < -0.39 is 6.10 Å². The number of halogens is 1. The molecule has 0 bridgehead atoms. The van der Waals surface area contributed by atoms with Crippen molar-refractivity contribution < 1.29 is 14.0 Å². The average molecular weight is 330 g/mol. The van der Waals surface area contributed by atoms with Crippen LogP contribution < -0.4 is 5.32 Å². The van der Waals surface area contributed by atoms with Gasteiger partial charge in [-0.2, -0.15) is 5.10 Å². The van der Waals surface area contributed by atoms with Crippen LogP contribution in [0.25, 0.3) is 0 Å². The Balaban J connectivity index is 1.55. The Morgan fingerprint density at radius 2 is 2.17 bits per heavy atom. The first kappa shape index (κ1) is 16.2. The topological polar surface area (TPSA) is 68.5 Å². The van der Waals surface area contributed by atoms with Crippen molar-refractivity contribution >= 4 is 11.6 Å². The van der Waals surface area contributed by atoms with E-state index in [0.717, 1.165) is 23.4 Å². The van der Waals surface area contributed by atoms with Gasteiger partial charge in [-0.1, -0.05) is 17.3 Å². The second-order valence-corrected chi connectivity index (χ2v) is 5.63. The molecule has 0 fully saturated rings. The van der Waals surface area contributed by atoms with Crippen LogP contribution in [-0.2, 0) is 22.7 Å². The van der Waals surface area contributed by atoms with Gasteiger partial charge in [0.05, 0.1) is 11.9 Å². The predicted octanol–water partition coefficient (Wildman–Crippen LogP) is 2.16. The van der Waals surface area contributed by atoms with Crippen LogP contribution in [0.3, 0.4) is 0 Å². The number of nitrogens with one attached hydrogen (secondary N) is 1. The summed E-state index contributed by atoms with van der Waals surface area (Å²) in [6, 6.07) is 5.97. The zero-order valence-electron chi connectivity index (χ0n) is 13.6. The molecule has 1 aliphatic heterocycles. The van der Waals surface area contributed by atoms with Crippen molar-refractivity contribution in [1.82, 2.24) is 15.1 Å². The molecule has 6 nitrogen and oxygen atoms in total. The molecule has 1 amide bonds. The number of nitrogens with zero attached hydrogens (tertiary/aromatic N) is 3. The Hall–Kier alpha value is -2.70. The number of aromatic nitrogens is 2. The highest BCUT2D eigenvalue weighted by molar-refractivity contribution is 6.04. The molecule has 0 saturated heterocycles. The molecule has 1 unspecified atom stereocenters. The maximum atomic E-state index is 13.0. The molecular formula is C17H19FN4O2. The van der Waals surface area contributed by atoms with Gasteiger partial charge in [0, 0.05) is 30.8 Å². The van der Waals surface area contributed by atoms with E-state index in [1.807, 2.05) is 18.5 Å². The summed E-state index contributed by atoms with van der Waals surface area (Å²) in [6.45, 7) is 5.18. The SMILES string of the molecule is CCn1ncc(CNC(=O)C2CC(c3ccc(F)cc3)=NO2)c1C. The second-order valence-electron chi connectivity index (χ2n) is 5.63. The third kappa shape index (κ3) is 3.29. The zero-order valence-corrected chi connectivity index (χ0v) is 13.6. The molecule has 24 heavy (non-hydrogen) atoms. The van der Waals surface area contributed by atoms with Crippen molar-refractivity contribution in [3.8, 4) is 0 Å². The number of aryl methyl sites for hydroxylation is 1. The van der Waals surface area contributed by atoms with Gasteiger partial charge >= 0.3 is 0 Å². The minimum absolute atomic E-state index is 0.223. The lowest BCUT2D eigenvalue weighted by atomic mass is 10.0. The molecule has 3 rings (SSSR count). The number of carbonyl (C=O) groups is 1. The highest BCUT2D eigenvalue weighted by Crippen LogP contribution is 2.17. The Kier molecular flexibility index (Phi) is 4.59. The van der Waals surface area contributed by atoms with Gasteiger partial charge in [-0.3, -0.25) is 9.48 Å². The molecule has 0 saturated carbocycles. The van der Waals surface area contributed by atoms with E-state index in [4.69, 9.17) is 4.84 Å². The summed E-state index contributed by atoms with van der Waals surface area (Å²) in [4.78, 5) is 17.5. The Labute approximate surface area is 139 Å². The van der Waals surface area contributed by atoms with Crippen molar-refractivity contribution in [2.75, 3.05) is 0 Å². The quantitative estimate of drug-likeness (QED) is 0.913. The predicted molar refractivity (Wildman–Crippen MR) is 86.9 cm³/mol. The number of hydrogen-bond donors (Lipinski definition) is 1. The summed E-state index contributed by atoms with van der Waals surface area (Å²) < 4.78 is 14.8. The van der Waals surface area contributed by atoms with E-state index in [9.17, 15) is 9.18 Å². The maximum absolute atomic E-state index is 13.0. The second kappa shape index (κ2) is 6.82. The Bertz CT molecular complexity index is 767. The molecule has 126 valence electrons. The van der Waals surface area contributed by atoms with E-state index in [1.165, 1.54) is 12.1 Å². The molecule has 1 aromatic heterocycles. The van der Waals surface area contributed by atoms with E-state index in [0.29, 0.717) is 18.7 Å². The van der Waals surface area contributed by atoms with Crippen molar-refractivity contribution in [1.29, 1.82) is 0 Å².